The fraction of sp³-hybridized carbons (Fsp3) is 0.737. The number of nitrogens with zero attached hydrogens (tertiary/aromatic N) is 2. The molecule has 0 saturated heterocycles. The van der Waals surface area contributed by atoms with E-state index in [-0.39, 0.29) is 11.3 Å². The van der Waals surface area contributed by atoms with Crippen LogP contribution in [0, 0.1) is 11.3 Å². The largest absolute Gasteiger partial charge is 0.384 e. The molecule has 3 rings (SSSR count). The second-order valence-electron chi connectivity index (χ2n) is 7.91. The van der Waals surface area contributed by atoms with Gasteiger partial charge in [0.15, 0.2) is 0 Å². The minimum Gasteiger partial charge on any atom is -0.384 e. The van der Waals surface area contributed by atoms with E-state index in [9.17, 15) is 4.79 Å². The van der Waals surface area contributed by atoms with Gasteiger partial charge in [-0.2, -0.15) is 0 Å². The van der Waals surface area contributed by atoms with E-state index in [1.54, 1.807) is 7.11 Å². The summed E-state index contributed by atoms with van der Waals surface area (Å²) in [4.78, 5) is 21.6. The summed E-state index contributed by atoms with van der Waals surface area (Å²) in [6.07, 6.45) is 6.43. The minimum absolute atomic E-state index is 0.0795. The number of amides is 1. The van der Waals surface area contributed by atoms with Crippen LogP contribution in [0.4, 0.5) is 5.82 Å². The Labute approximate surface area is 150 Å². The fourth-order valence-electron chi connectivity index (χ4n) is 4.02. The number of aromatic nitrogens is 2. The molecule has 2 N–H and O–H groups in total. The number of nitrogens with one attached hydrogen (secondary N) is 2. The topological polar surface area (TPSA) is 76.1 Å². The highest BCUT2D eigenvalue weighted by atomic mass is 16.5. The minimum atomic E-state index is -0.0795. The molecule has 6 heteroatoms. The van der Waals surface area contributed by atoms with Crippen molar-refractivity contribution in [2.75, 3.05) is 32.1 Å². The Kier molecular flexibility index (Phi) is 5.57. The van der Waals surface area contributed by atoms with Gasteiger partial charge in [0.2, 0.25) is 0 Å². The van der Waals surface area contributed by atoms with Crippen LogP contribution < -0.4 is 10.6 Å². The number of hydrogen-bond donors (Lipinski definition) is 2. The standard InChI is InChI=1S/C19H30N4O2/c1-13(2)10-15-22-16-14(6-9-20-18(16)24)17(23-15)21-11-19(12-25-3)7-4-5-8-19/h13H,4-12H2,1-3H3,(H,20,24)(H,21,22,23). The molecule has 1 aliphatic carbocycles. The maximum atomic E-state index is 12.3. The second kappa shape index (κ2) is 7.68. The molecular formula is C19H30N4O2. The second-order valence-corrected chi connectivity index (χ2v) is 7.91. The predicted molar refractivity (Wildman–Crippen MR) is 97.9 cm³/mol. The van der Waals surface area contributed by atoms with Crippen LogP contribution in [0.25, 0.3) is 0 Å². The normalized spacial score (nSPS) is 19.0. The molecule has 1 aliphatic heterocycles. The molecule has 1 fully saturated rings. The molecule has 0 spiro atoms. The summed E-state index contributed by atoms with van der Waals surface area (Å²) in [6, 6.07) is 0. The first-order valence-electron chi connectivity index (χ1n) is 9.44. The number of ether oxygens (including phenoxy) is 1. The van der Waals surface area contributed by atoms with Crippen LogP contribution in [-0.2, 0) is 17.6 Å². The smallest absolute Gasteiger partial charge is 0.270 e. The molecule has 1 aromatic heterocycles. The summed E-state index contributed by atoms with van der Waals surface area (Å²) in [5, 5.41) is 6.46. The average Bonchev–Trinajstić information content (AvgIpc) is 3.02. The van der Waals surface area contributed by atoms with Gasteiger partial charge in [-0.05, 0) is 25.2 Å². The molecule has 1 aromatic rings. The van der Waals surface area contributed by atoms with Gasteiger partial charge in [-0.25, -0.2) is 9.97 Å². The van der Waals surface area contributed by atoms with Crippen molar-refractivity contribution in [1.82, 2.24) is 15.3 Å². The summed E-state index contributed by atoms with van der Waals surface area (Å²) in [7, 11) is 1.78. The molecule has 0 bridgehead atoms. The molecular weight excluding hydrogens is 316 g/mol. The number of fused-ring (bicyclic) bond motifs is 1. The Morgan fingerprint density at radius 3 is 2.72 bits per heavy atom. The number of hydrogen-bond acceptors (Lipinski definition) is 5. The summed E-state index contributed by atoms with van der Waals surface area (Å²) in [6.45, 7) is 6.54. The third-order valence-electron chi connectivity index (χ3n) is 5.27. The van der Waals surface area contributed by atoms with Crippen molar-refractivity contribution < 1.29 is 9.53 Å². The van der Waals surface area contributed by atoms with Crippen molar-refractivity contribution in [3.8, 4) is 0 Å². The first kappa shape index (κ1) is 18.1. The van der Waals surface area contributed by atoms with Crippen LogP contribution in [0.3, 0.4) is 0 Å². The zero-order valence-electron chi connectivity index (χ0n) is 15.7. The van der Waals surface area contributed by atoms with Crippen LogP contribution in [0.2, 0.25) is 0 Å². The van der Waals surface area contributed by atoms with E-state index in [1.807, 2.05) is 0 Å². The van der Waals surface area contributed by atoms with Crippen molar-refractivity contribution in [3.63, 3.8) is 0 Å². The highest BCUT2D eigenvalue weighted by Crippen LogP contribution is 2.38. The van der Waals surface area contributed by atoms with Crippen LogP contribution >= 0.6 is 0 Å². The van der Waals surface area contributed by atoms with Gasteiger partial charge in [0.1, 0.15) is 17.3 Å². The Morgan fingerprint density at radius 2 is 2.04 bits per heavy atom. The lowest BCUT2D eigenvalue weighted by Gasteiger charge is -2.29. The van der Waals surface area contributed by atoms with Crippen molar-refractivity contribution in [1.29, 1.82) is 0 Å². The lowest BCUT2D eigenvalue weighted by Crippen LogP contribution is -2.36. The van der Waals surface area contributed by atoms with Gasteiger partial charge in [-0.15, -0.1) is 0 Å². The molecule has 1 amide bonds. The first-order valence-corrected chi connectivity index (χ1v) is 9.44. The average molecular weight is 346 g/mol. The molecule has 0 atom stereocenters. The number of carbonyl (C=O) groups is 1. The first-order chi connectivity index (χ1) is 12.0. The highest BCUT2D eigenvalue weighted by Gasteiger charge is 2.34. The third kappa shape index (κ3) is 4.11. The molecule has 138 valence electrons. The van der Waals surface area contributed by atoms with E-state index in [4.69, 9.17) is 9.72 Å². The molecule has 0 unspecified atom stereocenters. The number of rotatable bonds is 7. The van der Waals surface area contributed by atoms with Crippen LogP contribution in [0.1, 0.15) is 61.4 Å². The maximum absolute atomic E-state index is 12.3. The Balaban J connectivity index is 1.86. The van der Waals surface area contributed by atoms with Crippen molar-refractivity contribution in [3.05, 3.63) is 17.1 Å². The van der Waals surface area contributed by atoms with Gasteiger partial charge in [0, 0.05) is 37.6 Å². The van der Waals surface area contributed by atoms with Gasteiger partial charge >= 0.3 is 0 Å². The lowest BCUT2D eigenvalue weighted by molar-refractivity contribution is 0.0921. The Bertz CT molecular complexity index is 624. The van der Waals surface area contributed by atoms with Gasteiger partial charge < -0.3 is 15.4 Å². The zero-order valence-corrected chi connectivity index (χ0v) is 15.7. The van der Waals surface area contributed by atoms with E-state index in [1.165, 1.54) is 25.7 Å². The van der Waals surface area contributed by atoms with E-state index >= 15 is 0 Å². The van der Waals surface area contributed by atoms with Gasteiger partial charge in [-0.3, -0.25) is 4.79 Å². The molecule has 2 heterocycles. The molecule has 25 heavy (non-hydrogen) atoms. The van der Waals surface area contributed by atoms with E-state index in [2.05, 4.69) is 29.5 Å². The monoisotopic (exact) mass is 346 g/mol. The van der Waals surface area contributed by atoms with Crippen LogP contribution in [0.5, 0.6) is 0 Å². The van der Waals surface area contributed by atoms with Crippen molar-refractivity contribution in [2.24, 2.45) is 11.3 Å². The van der Waals surface area contributed by atoms with Gasteiger partial charge in [0.05, 0.1) is 6.61 Å². The van der Waals surface area contributed by atoms with Crippen molar-refractivity contribution >= 4 is 11.7 Å². The summed E-state index contributed by atoms with van der Waals surface area (Å²) in [5.74, 6) is 1.97. The number of carbonyl (C=O) groups excluding carboxylic acids is 1. The summed E-state index contributed by atoms with van der Waals surface area (Å²) in [5.41, 5.74) is 1.69. The summed E-state index contributed by atoms with van der Waals surface area (Å²) < 4.78 is 5.49. The lowest BCUT2D eigenvalue weighted by atomic mass is 9.87. The third-order valence-corrected chi connectivity index (χ3v) is 5.27. The molecule has 2 aliphatic rings. The van der Waals surface area contributed by atoms with E-state index in [0.29, 0.717) is 18.2 Å². The van der Waals surface area contributed by atoms with Gasteiger partial charge in [0.25, 0.3) is 5.91 Å². The molecule has 0 radical (unpaired) electrons. The number of anilines is 1. The Morgan fingerprint density at radius 1 is 1.28 bits per heavy atom. The van der Waals surface area contributed by atoms with E-state index < -0.39 is 0 Å². The van der Waals surface area contributed by atoms with Crippen molar-refractivity contribution in [2.45, 2.75) is 52.4 Å². The number of methoxy groups -OCH3 is 1. The summed E-state index contributed by atoms with van der Waals surface area (Å²) >= 11 is 0. The van der Waals surface area contributed by atoms with Crippen LogP contribution in [-0.4, -0.2) is 42.7 Å². The molecule has 0 aromatic carbocycles. The quantitative estimate of drug-likeness (QED) is 0.793. The Hall–Kier alpha value is -1.69. The zero-order chi connectivity index (χ0) is 17.9. The SMILES string of the molecule is COCC1(CNc2nc(CC(C)C)nc3c2CCNC3=O)CCCC1. The molecule has 1 saturated carbocycles. The maximum Gasteiger partial charge on any atom is 0.270 e. The molecule has 6 nitrogen and oxygen atoms in total. The van der Waals surface area contributed by atoms with Crippen LogP contribution in [0.15, 0.2) is 0 Å². The predicted octanol–water partition coefficient (Wildman–Crippen LogP) is 2.58. The van der Waals surface area contributed by atoms with E-state index in [0.717, 1.165) is 43.2 Å². The highest BCUT2D eigenvalue weighted by molar-refractivity contribution is 5.96. The fourth-order valence-corrected chi connectivity index (χ4v) is 4.02. The van der Waals surface area contributed by atoms with Gasteiger partial charge in [-0.1, -0.05) is 26.7 Å².